The fourth-order valence-corrected chi connectivity index (χ4v) is 3.99. The molecule has 1 aromatic carbocycles. The minimum Gasteiger partial charge on any atom is -0.383 e. The summed E-state index contributed by atoms with van der Waals surface area (Å²) in [5.74, 6) is 0.732. The van der Waals surface area contributed by atoms with Gasteiger partial charge in [-0.05, 0) is 18.6 Å². The number of hydrogen-bond donors (Lipinski definition) is 3. The second-order valence-corrected chi connectivity index (χ2v) is 8.02. The standard InChI is InChI=1S/C22H25ClN6O2/c1-13-5-3-4-6-15(13)20-19(23)16-9-18(25-10-17(16)21(24)28-20)27-22(30)26-14-11-29(12-14)7-8-31-2/h3-6,9-10,14H,7-8,11-12H2,1-2H3,(H2,24,28)(H2,25,26,27,30). The molecule has 1 fully saturated rings. The quantitative estimate of drug-likeness (QED) is 0.543. The summed E-state index contributed by atoms with van der Waals surface area (Å²) in [7, 11) is 1.68. The summed E-state index contributed by atoms with van der Waals surface area (Å²) in [5, 5.41) is 7.53. The number of nitrogen functional groups attached to an aromatic ring is 1. The van der Waals surface area contributed by atoms with Gasteiger partial charge in [0.05, 0.1) is 23.4 Å². The Hall–Kier alpha value is -2.94. The van der Waals surface area contributed by atoms with Crippen molar-refractivity contribution in [2.45, 2.75) is 13.0 Å². The van der Waals surface area contributed by atoms with E-state index in [2.05, 4.69) is 25.5 Å². The van der Waals surface area contributed by atoms with Gasteiger partial charge >= 0.3 is 6.03 Å². The van der Waals surface area contributed by atoms with Crippen molar-refractivity contribution in [1.82, 2.24) is 20.2 Å². The third-order valence-corrected chi connectivity index (χ3v) is 5.78. The third-order valence-electron chi connectivity index (χ3n) is 5.40. The Balaban J connectivity index is 1.52. The zero-order valence-corrected chi connectivity index (χ0v) is 18.2. The minimum absolute atomic E-state index is 0.105. The highest BCUT2D eigenvalue weighted by atomic mass is 35.5. The van der Waals surface area contributed by atoms with E-state index < -0.39 is 0 Å². The number of carbonyl (C=O) groups is 1. The maximum atomic E-state index is 12.4. The second kappa shape index (κ2) is 9.05. The smallest absolute Gasteiger partial charge is 0.320 e. The van der Waals surface area contributed by atoms with Crippen molar-refractivity contribution in [3.05, 3.63) is 47.1 Å². The van der Waals surface area contributed by atoms with Crippen LogP contribution in [0.15, 0.2) is 36.5 Å². The van der Waals surface area contributed by atoms with Gasteiger partial charge in [-0.25, -0.2) is 14.8 Å². The molecule has 3 heterocycles. The summed E-state index contributed by atoms with van der Waals surface area (Å²) in [6, 6.07) is 9.37. The van der Waals surface area contributed by atoms with E-state index in [4.69, 9.17) is 22.1 Å². The maximum Gasteiger partial charge on any atom is 0.320 e. The number of amides is 2. The van der Waals surface area contributed by atoms with Crippen LogP contribution in [0.4, 0.5) is 16.4 Å². The number of likely N-dealkylation sites (tertiary alicyclic amines) is 1. The molecule has 4 rings (SSSR count). The van der Waals surface area contributed by atoms with E-state index in [-0.39, 0.29) is 12.1 Å². The number of ether oxygens (including phenoxy) is 1. The Morgan fingerprint density at radius 1 is 1.32 bits per heavy atom. The van der Waals surface area contributed by atoms with Gasteiger partial charge in [0.2, 0.25) is 0 Å². The number of aryl methyl sites for hydroxylation is 1. The van der Waals surface area contributed by atoms with E-state index in [0.29, 0.717) is 39.7 Å². The SMILES string of the molecule is COCCN1CC(NC(=O)Nc2cc3c(Cl)c(-c4ccccc4C)nc(N)c3cn2)C1. The molecule has 2 aromatic heterocycles. The maximum absolute atomic E-state index is 12.4. The molecule has 4 N–H and O–H groups in total. The lowest BCUT2D eigenvalue weighted by Crippen LogP contribution is -2.60. The number of nitrogens with one attached hydrogen (secondary N) is 2. The van der Waals surface area contributed by atoms with Crippen LogP contribution < -0.4 is 16.4 Å². The average molecular weight is 441 g/mol. The molecule has 0 bridgehead atoms. The van der Waals surface area contributed by atoms with Gasteiger partial charge in [-0.15, -0.1) is 0 Å². The molecule has 0 saturated carbocycles. The van der Waals surface area contributed by atoms with Gasteiger partial charge < -0.3 is 15.8 Å². The molecule has 1 saturated heterocycles. The Morgan fingerprint density at radius 3 is 2.84 bits per heavy atom. The molecular formula is C22H25ClN6O2. The highest BCUT2D eigenvalue weighted by Gasteiger charge is 2.27. The van der Waals surface area contributed by atoms with Gasteiger partial charge in [0.1, 0.15) is 11.6 Å². The summed E-state index contributed by atoms with van der Waals surface area (Å²) >= 11 is 6.71. The molecule has 3 aromatic rings. The summed E-state index contributed by atoms with van der Waals surface area (Å²) in [4.78, 5) is 23.4. The molecule has 31 heavy (non-hydrogen) atoms. The number of urea groups is 1. The number of fused-ring (bicyclic) bond motifs is 1. The van der Waals surface area contributed by atoms with Crippen molar-refractivity contribution in [3.63, 3.8) is 0 Å². The molecule has 0 atom stereocenters. The molecule has 1 aliphatic rings. The largest absolute Gasteiger partial charge is 0.383 e. The van der Waals surface area contributed by atoms with Crippen LogP contribution in [0.2, 0.25) is 5.02 Å². The number of anilines is 2. The first kappa shape index (κ1) is 21.3. The van der Waals surface area contributed by atoms with Crippen molar-refractivity contribution in [3.8, 4) is 11.3 Å². The zero-order chi connectivity index (χ0) is 22.0. The highest BCUT2D eigenvalue weighted by Crippen LogP contribution is 2.37. The molecule has 2 amide bonds. The van der Waals surface area contributed by atoms with E-state index in [1.54, 1.807) is 19.4 Å². The van der Waals surface area contributed by atoms with Gasteiger partial charge in [-0.3, -0.25) is 10.2 Å². The lowest BCUT2D eigenvalue weighted by Gasteiger charge is -2.39. The normalized spacial score (nSPS) is 14.4. The molecule has 0 unspecified atom stereocenters. The van der Waals surface area contributed by atoms with Crippen molar-refractivity contribution in [1.29, 1.82) is 0 Å². The molecule has 1 aliphatic heterocycles. The monoisotopic (exact) mass is 440 g/mol. The van der Waals surface area contributed by atoms with Crippen molar-refractivity contribution >= 4 is 40.0 Å². The van der Waals surface area contributed by atoms with Gasteiger partial charge in [-0.2, -0.15) is 0 Å². The predicted molar refractivity (Wildman–Crippen MR) is 123 cm³/mol. The minimum atomic E-state index is -0.305. The topological polar surface area (TPSA) is 105 Å². The van der Waals surface area contributed by atoms with Crippen LogP contribution >= 0.6 is 11.6 Å². The zero-order valence-electron chi connectivity index (χ0n) is 17.5. The first-order valence-corrected chi connectivity index (χ1v) is 10.4. The van der Waals surface area contributed by atoms with Gasteiger partial charge in [0, 0.05) is 49.3 Å². The van der Waals surface area contributed by atoms with Gasteiger partial charge in [-0.1, -0.05) is 35.9 Å². The van der Waals surface area contributed by atoms with Crippen LogP contribution in [0.25, 0.3) is 22.0 Å². The van der Waals surface area contributed by atoms with Gasteiger partial charge in [0.15, 0.2) is 0 Å². The van der Waals surface area contributed by atoms with Gasteiger partial charge in [0.25, 0.3) is 0 Å². The Morgan fingerprint density at radius 2 is 2.10 bits per heavy atom. The lowest BCUT2D eigenvalue weighted by atomic mass is 10.0. The number of halogens is 1. The Bertz CT molecular complexity index is 1120. The number of nitrogens with zero attached hydrogens (tertiary/aromatic N) is 3. The molecule has 0 radical (unpaired) electrons. The summed E-state index contributed by atoms with van der Waals surface area (Å²) in [6.07, 6.45) is 1.58. The van der Waals surface area contributed by atoms with Crippen LogP contribution in [0.1, 0.15) is 5.56 Å². The molecule has 8 nitrogen and oxygen atoms in total. The Labute approximate surface area is 185 Å². The molecule has 162 valence electrons. The fraction of sp³-hybridized carbons (Fsp3) is 0.318. The molecule has 9 heteroatoms. The number of pyridine rings is 2. The number of nitrogens with two attached hydrogens (primary N) is 1. The predicted octanol–water partition coefficient (Wildman–Crippen LogP) is 3.29. The number of benzene rings is 1. The number of aromatic nitrogens is 2. The van der Waals surface area contributed by atoms with Crippen LogP contribution in [0.3, 0.4) is 0 Å². The number of hydrogen-bond acceptors (Lipinski definition) is 6. The van der Waals surface area contributed by atoms with E-state index in [1.807, 2.05) is 31.2 Å². The van der Waals surface area contributed by atoms with E-state index in [9.17, 15) is 4.79 Å². The second-order valence-electron chi connectivity index (χ2n) is 7.64. The average Bonchev–Trinajstić information content (AvgIpc) is 2.72. The number of rotatable bonds is 6. The van der Waals surface area contributed by atoms with Crippen LogP contribution in [0.5, 0.6) is 0 Å². The first-order chi connectivity index (χ1) is 15.0. The summed E-state index contributed by atoms with van der Waals surface area (Å²) in [5.41, 5.74) is 8.74. The first-order valence-electron chi connectivity index (χ1n) is 10.1. The van der Waals surface area contributed by atoms with E-state index in [1.165, 1.54) is 0 Å². The van der Waals surface area contributed by atoms with E-state index >= 15 is 0 Å². The van der Waals surface area contributed by atoms with Crippen molar-refractivity contribution in [2.75, 3.05) is 44.4 Å². The fourth-order valence-electron chi connectivity index (χ4n) is 3.69. The molecule has 0 aliphatic carbocycles. The highest BCUT2D eigenvalue weighted by molar-refractivity contribution is 6.38. The molecule has 0 spiro atoms. The van der Waals surface area contributed by atoms with Crippen LogP contribution in [0, 0.1) is 6.92 Å². The van der Waals surface area contributed by atoms with Crippen LogP contribution in [-0.4, -0.2) is 60.3 Å². The third kappa shape index (κ3) is 4.56. The number of methoxy groups -OCH3 is 1. The lowest BCUT2D eigenvalue weighted by molar-refractivity contribution is 0.0867. The summed E-state index contributed by atoms with van der Waals surface area (Å²) in [6.45, 7) is 5.14. The summed E-state index contributed by atoms with van der Waals surface area (Å²) < 4.78 is 5.07. The van der Waals surface area contributed by atoms with Crippen LogP contribution in [-0.2, 0) is 4.74 Å². The van der Waals surface area contributed by atoms with Crippen molar-refractivity contribution < 1.29 is 9.53 Å². The Kier molecular flexibility index (Phi) is 6.22. The van der Waals surface area contributed by atoms with Crippen molar-refractivity contribution in [2.24, 2.45) is 0 Å². The molecular weight excluding hydrogens is 416 g/mol. The van der Waals surface area contributed by atoms with E-state index in [0.717, 1.165) is 30.8 Å². The number of carbonyl (C=O) groups excluding carboxylic acids is 1.